The van der Waals surface area contributed by atoms with Gasteiger partial charge in [-0.1, -0.05) is 48.5 Å². The summed E-state index contributed by atoms with van der Waals surface area (Å²) in [7, 11) is 0. The van der Waals surface area contributed by atoms with Crippen LogP contribution in [-0.2, 0) is 11.3 Å². The van der Waals surface area contributed by atoms with Crippen LogP contribution < -0.4 is 10.1 Å². The van der Waals surface area contributed by atoms with Gasteiger partial charge in [-0.15, -0.1) is 0 Å². The predicted molar refractivity (Wildman–Crippen MR) is 89.3 cm³/mol. The van der Waals surface area contributed by atoms with Crippen LogP contribution in [0.2, 0.25) is 0 Å². The zero-order chi connectivity index (χ0) is 16.6. The second-order valence-electron chi connectivity index (χ2n) is 5.22. The predicted octanol–water partition coefficient (Wildman–Crippen LogP) is 2.21. The molecule has 6 nitrogen and oxygen atoms in total. The molecule has 0 saturated heterocycles. The SMILES string of the molecule is O=C(COc1ccccc1)NC(Cn1nccn1)c1ccccc1. The second-order valence-corrected chi connectivity index (χ2v) is 5.22. The van der Waals surface area contributed by atoms with Gasteiger partial charge in [-0.3, -0.25) is 4.79 Å². The van der Waals surface area contributed by atoms with E-state index in [9.17, 15) is 4.79 Å². The van der Waals surface area contributed by atoms with E-state index in [2.05, 4.69) is 15.5 Å². The smallest absolute Gasteiger partial charge is 0.258 e. The first-order valence-electron chi connectivity index (χ1n) is 7.67. The lowest BCUT2D eigenvalue weighted by atomic mass is 10.1. The van der Waals surface area contributed by atoms with Crippen molar-refractivity contribution in [2.75, 3.05) is 6.61 Å². The number of rotatable bonds is 7. The number of nitrogens with zero attached hydrogens (tertiary/aromatic N) is 3. The molecule has 1 unspecified atom stereocenters. The maximum atomic E-state index is 12.2. The number of para-hydroxylation sites is 1. The van der Waals surface area contributed by atoms with Gasteiger partial charge < -0.3 is 10.1 Å². The Morgan fingerprint density at radius 2 is 1.62 bits per heavy atom. The minimum absolute atomic E-state index is 0.0418. The zero-order valence-electron chi connectivity index (χ0n) is 13.1. The molecule has 1 aromatic heterocycles. The van der Waals surface area contributed by atoms with E-state index < -0.39 is 0 Å². The van der Waals surface area contributed by atoms with Gasteiger partial charge in [0.1, 0.15) is 5.75 Å². The minimum Gasteiger partial charge on any atom is -0.484 e. The molecule has 122 valence electrons. The van der Waals surface area contributed by atoms with Crippen LogP contribution in [0.25, 0.3) is 0 Å². The Kier molecular flexibility index (Phi) is 5.19. The topological polar surface area (TPSA) is 69.0 Å². The molecule has 0 aliphatic rings. The van der Waals surface area contributed by atoms with Crippen molar-refractivity contribution >= 4 is 5.91 Å². The summed E-state index contributed by atoms with van der Waals surface area (Å²) in [4.78, 5) is 13.8. The maximum Gasteiger partial charge on any atom is 0.258 e. The summed E-state index contributed by atoms with van der Waals surface area (Å²) in [5.74, 6) is 0.470. The first-order valence-corrected chi connectivity index (χ1v) is 7.67. The highest BCUT2D eigenvalue weighted by atomic mass is 16.5. The van der Waals surface area contributed by atoms with Gasteiger partial charge >= 0.3 is 0 Å². The van der Waals surface area contributed by atoms with Gasteiger partial charge in [0.15, 0.2) is 6.61 Å². The molecule has 3 rings (SSSR count). The van der Waals surface area contributed by atoms with Crippen LogP contribution in [0.3, 0.4) is 0 Å². The van der Waals surface area contributed by atoms with Crippen molar-refractivity contribution in [1.29, 1.82) is 0 Å². The Bertz CT molecular complexity index is 745. The van der Waals surface area contributed by atoms with Gasteiger partial charge in [0, 0.05) is 0 Å². The summed E-state index contributed by atoms with van der Waals surface area (Å²) < 4.78 is 5.49. The molecule has 1 atom stereocenters. The fraction of sp³-hybridized carbons (Fsp3) is 0.167. The number of carbonyl (C=O) groups is 1. The second kappa shape index (κ2) is 7.92. The van der Waals surface area contributed by atoms with Gasteiger partial charge in [0.05, 0.1) is 25.0 Å². The number of benzene rings is 2. The number of hydrogen-bond donors (Lipinski definition) is 1. The number of amides is 1. The van der Waals surface area contributed by atoms with Gasteiger partial charge in [0.25, 0.3) is 5.91 Å². The third-order valence-electron chi connectivity index (χ3n) is 3.46. The monoisotopic (exact) mass is 322 g/mol. The third-order valence-corrected chi connectivity index (χ3v) is 3.46. The summed E-state index contributed by atoms with van der Waals surface area (Å²) in [6.45, 7) is 0.411. The maximum absolute atomic E-state index is 12.2. The van der Waals surface area contributed by atoms with E-state index in [0.29, 0.717) is 12.3 Å². The van der Waals surface area contributed by atoms with Crippen molar-refractivity contribution in [1.82, 2.24) is 20.3 Å². The number of ether oxygens (including phenoxy) is 1. The molecule has 0 fully saturated rings. The number of aromatic nitrogens is 3. The van der Waals surface area contributed by atoms with Crippen molar-refractivity contribution < 1.29 is 9.53 Å². The fourth-order valence-electron chi connectivity index (χ4n) is 2.32. The average molecular weight is 322 g/mol. The van der Waals surface area contributed by atoms with E-state index in [1.165, 1.54) is 0 Å². The molecule has 0 bridgehead atoms. The van der Waals surface area contributed by atoms with E-state index in [4.69, 9.17) is 4.74 Å². The van der Waals surface area contributed by atoms with Crippen LogP contribution in [0.15, 0.2) is 73.1 Å². The Hall–Kier alpha value is -3.15. The van der Waals surface area contributed by atoms with Gasteiger partial charge in [0.2, 0.25) is 0 Å². The first kappa shape index (κ1) is 15.7. The molecule has 0 aliphatic heterocycles. The molecule has 1 amide bonds. The molecular formula is C18H18N4O2. The normalized spacial score (nSPS) is 11.7. The quantitative estimate of drug-likeness (QED) is 0.724. The highest BCUT2D eigenvalue weighted by molar-refractivity contribution is 5.78. The van der Waals surface area contributed by atoms with Gasteiger partial charge in [-0.05, 0) is 17.7 Å². The molecule has 0 spiro atoms. The van der Waals surface area contributed by atoms with Crippen LogP contribution in [-0.4, -0.2) is 27.5 Å². The van der Waals surface area contributed by atoms with Crippen LogP contribution in [0.1, 0.15) is 11.6 Å². The summed E-state index contributed by atoms with van der Waals surface area (Å²) >= 11 is 0. The van der Waals surface area contributed by atoms with Gasteiger partial charge in [-0.25, -0.2) is 0 Å². The Morgan fingerprint density at radius 3 is 2.29 bits per heavy atom. The summed E-state index contributed by atoms with van der Waals surface area (Å²) in [6, 6.07) is 18.8. The largest absolute Gasteiger partial charge is 0.484 e. The number of carbonyl (C=O) groups excluding carboxylic acids is 1. The molecule has 0 radical (unpaired) electrons. The van der Waals surface area contributed by atoms with Crippen molar-refractivity contribution in [3.63, 3.8) is 0 Å². The number of hydrogen-bond acceptors (Lipinski definition) is 4. The van der Waals surface area contributed by atoms with E-state index in [0.717, 1.165) is 5.56 Å². The van der Waals surface area contributed by atoms with Crippen molar-refractivity contribution in [3.8, 4) is 5.75 Å². The molecule has 3 aromatic rings. The lowest BCUT2D eigenvalue weighted by Crippen LogP contribution is -2.35. The Labute approximate surface area is 140 Å². The molecule has 6 heteroatoms. The van der Waals surface area contributed by atoms with Crippen molar-refractivity contribution in [2.24, 2.45) is 0 Å². The molecule has 0 aliphatic carbocycles. The molecule has 2 aromatic carbocycles. The first-order chi connectivity index (χ1) is 11.8. The summed E-state index contributed by atoms with van der Waals surface area (Å²) in [5.41, 5.74) is 0.989. The minimum atomic E-state index is -0.231. The average Bonchev–Trinajstić information content (AvgIpc) is 3.14. The lowest BCUT2D eigenvalue weighted by molar-refractivity contribution is -0.124. The van der Waals surface area contributed by atoms with Crippen LogP contribution in [0, 0.1) is 0 Å². The van der Waals surface area contributed by atoms with E-state index in [-0.39, 0.29) is 18.6 Å². The molecule has 24 heavy (non-hydrogen) atoms. The summed E-state index contributed by atoms with van der Waals surface area (Å²) in [6.07, 6.45) is 3.23. The van der Waals surface area contributed by atoms with E-state index >= 15 is 0 Å². The third kappa shape index (κ3) is 4.42. The fourth-order valence-corrected chi connectivity index (χ4v) is 2.32. The molecule has 1 N–H and O–H groups in total. The van der Waals surface area contributed by atoms with Crippen molar-refractivity contribution in [2.45, 2.75) is 12.6 Å². The van der Waals surface area contributed by atoms with Crippen LogP contribution in [0.4, 0.5) is 0 Å². The molecule has 0 saturated carbocycles. The Morgan fingerprint density at radius 1 is 1.00 bits per heavy atom. The molecular weight excluding hydrogens is 304 g/mol. The van der Waals surface area contributed by atoms with Crippen LogP contribution >= 0.6 is 0 Å². The zero-order valence-corrected chi connectivity index (χ0v) is 13.1. The standard InChI is InChI=1S/C18H18N4O2/c23-18(14-24-16-9-5-2-6-10-16)21-17(13-22-19-11-12-20-22)15-7-3-1-4-8-15/h1-12,17H,13-14H2,(H,21,23). The summed E-state index contributed by atoms with van der Waals surface area (Å²) in [5, 5.41) is 11.2. The van der Waals surface area contributed by atoms with Gasteiger partial charge in [-0.2, -0.15) is 15.0 Å². The van der Waals surface area contributed by atoms with Crippen LogP contribution in [0.5, 0.6) is 5.75 Å². The number of nitrogens with one attached hydrogen (secondary N) is 1. The van der Waals surface area contributed by atoms with E-state index in [1.807, 2.05) is 60.7 Å². The Balaban J connectivity index is 1.63. The highest BCUT2D eigenvalue weighted by Crippen LogP contribution is 2.14. The van der Waals surface area contributed by atoms with E-state index in [1.54, 1.807) is 17.2 Å². The molecule has 1 heterocycles. The highest BCUT2D eigenvalue weighted by Gasteiger charge is 2.16. The van der Waals surface area contributed by atoms with Crippen molar-refractivity contribution in [3.05, 3.63) is 78.6 Å². The lowest BCUT2D eigenvalue weighted by Gasteiger charge is -2.19.